The molecule has 0 rings (SSSR count). The van der Waals surface area contributed by atoms with Crippen LogP contribution in [0.4, 0.5) is 4.79 Å². The Morgan fingerprint density at radius 2 is 1.85 bits per heavy atom. The number of alkyl carbamates (subject to hydrolysis) is 1. The summed E-state index contributed by atoms with van der Waals surface area (Å²) in [6, 6.07) is 0. The standard InChI is InChI=1S/C8H16N2O3/c1-5(6(9)11)13-7(12)10-8(2,3)4/h5H,1-4H3,(H2,9,11)(H,10,12)/t5-/m0/s1. The molecule has 76 valence electrons. The molecule has 5 nitrogen and oxygen atoms in total. The molecular weight excluding hydrogens is 172 g/mol. The van der Waals surface area contributed by atoms with Crippen LogP contribution in [-0.4, -0.2) is 23.6 Å². The summed E-state index contributed by atoms with van der Waals surface area (Å²) in [6.07, 6.45) is -1.54. The molecule has 0 aromatic heterocycles. The van der Waals surface area contributed by atoms with E-state index in [0.29, 0.717) is 0 Å². The van der Waals surface area contributed by atoms with Gasteiger partial charge < -0.3 is 15.8 Å². The Morgan fingerprint density at radius 3 is 2.15 bits per heavy atom. The van der Waals surface area contributed by atoms with E-state index in [1.165, 1.54) is 6.92 Å². The van der Waals surface area contributed by atoms with Gasteiger partial charge in [0.2, 0.25) is 0 Å². The van der Waals surface area contributed by atoms with Gasteiger partial charge in [-0.05, 0) is 27.7 Å². The largest absolute Gasteiger partial charge is 0.436 e. The van der Waals surface area contributed by atoms with Crippen molar-refractivity contribution in [1.82, 2.24) is 5.32 Å². The molecule has 0 aromatic rings. The maximum Gasteiger partial charge on any atom is 0.408 e. The number of hydrogen-bond acceptors (Lipinski definition) is 3. The van der Waals surface area contributed by atoms with Gasteiger partial charge in [0.1, 0.15) is 0 Å². The molecular formula is C8H16N2O3. The van der Waals surface area contributed by atoms with Crippen molar-refractivity contribution in [3.63, 3.8) is 0 Å². The van der Waals surface area contributed by atoms with E-state index < -0.39 is 18.1 Å². The minimum atomic E-state index is -0.901. The van der Waals surface area contributed by atoms with E-state index in [-0.39, 0.29) is 5.54 Å². The average Bonchev–Trinajstić information content (AvgIpc) is 1.81. The average molecular weight is 188 g/mol. The van der Waals surface area contributed by atoms with Crippen LogP contribution in [0.15, 0.2) is 0 Å². The molecule has 3 N–H and O–H groups in total. The third kappa shape index (κ3) is 5.95. The first kappa shape index (κ1) is 11.7. The summed E-state index contributed by atoms with van der Waals surface area (Å²) in [5.41, 5.74) is 4.52. The Morgan fingerprint density at radius 1 is 1.38 bits per heavy atom. The molecule has 5 heteroatoms. The zero-order chi connectivity index (χ0) is 10.6. The quantitative estimate of drug-likeness (QED) is 0.657. The van der Waals surface area contributed by atoms with Crippen molar-refractivity contribution in [3.05, 3.63) is 0 Å². The van der Waals surface area contributed by atoms with Crippen LogP contribution in [-0.2, 0) is 9.53 Å². The summed E-state index contributed by atoms with van der Waals surface area (Å²) in [7, 11) is 0. The lowest BCUT2D eigenvalue weighted by molar-refractivity contribution is -0.125. The van der Waals surface area contributed by atoms with E-state index in [0.717, 1.165) is 0 Å². The fourth-order valence-corrected chi connectivity index (χ4v) is 0.554. The lowest BCUT2D eigenvalue weighted by Gasteiger charge is -2.21. The number of carbonyl (C=O) groups is 2. The highest BCUT2D eigenvalue weighted by Crippen LogP contribution is 2.00. The van der Waals surface area contributed by atoms with E-state index in [1.807, 2.05) is 20.8 Å². The fraction of sp³-hybridized carbons (Fsp3) is 0.750. The van der Waals surface area contributed by atoms with Gasteiger partial charge in [0.05, 0.1) is 0 Å². The second-order valence-corrected chi connectivity index (χ2v) is 3.82. The third-order valence-electron chi connectivity index (χ3n) is 1.16. The van der Waals surface area contributed by atoms with Crippen LogP contribution in [0.25, 0.3) is 0 Å². The van der Waals surface area contributed by atoms with Crippen LogP contribution in [0, 0.1) is 0 Å². The molecule has 0 bridgehead atoms. The molecule has 0 unspecified atom stereocenters. The summed E-state index contributed by atoms with van der Waals surface area (Å²) in [5.74, 6) is -0.663. The summed E-state index contributed by atoms with van der Waals surface area (Å²) < 4.78 is 4.66. The third-order valence-corrected chi connectivity index (χ3v) is 1.16. The first-order valence-corrected chi connectivity index (χ1v) is 4.00. The zero-order valence-electron chi connectivity index (χ0n) is 8.38. The minimum Gasteiger partial charge on any atom is -0.436 e. The van der Waals surface area contributed by atoms with Crippen LogP contribution in [0.3, 0.4) is 0 Å². The normalized spacial score (nSPS) is 13.2. The van der Waals surface area contributed by atoms with E-state index >= 15 is 0 Å². The van der Waals surface area contributed by atoms with Crippen molar-refractivity contribution in [1.29, 1.82) is 0 Å². The molecule has 0 aliphatic heterocycles. The van der Waals surface area contributed by atoms with Gasteiger partial charge in [-0.25, -0.2) is 4.79 Å². The van der Waals surface area contributed by atoms with Gasteiger partial charge in [0.25, 0.3) is 5.91 Å². The molecule has 0 radical (unpaired) electrons. The first-order valence-electron chi connectivity index (χ1n) is 4.00. The zero-order valence-corrected chi connectivity index (χ0v) is 8.38. The maximum atomic E-state index is 11.0. The van der Waals surface area contributed by atoms with Gasteiger partial charge in [0, 0.05) is 5.54 Å². The number of nitrogens with one attached hydrogen (secondary N) is 1. The predicted molar refractivity (Wildman–Crippen MR) is 48.0 cm³/mol. The number of carbonyl (C=O) groups excluding carboxylic acids is 2. The topological polar surface area (TPSA) is 81.4 Å². The predicted octanol–water partition coefficient (Wildman–Crippen LogP) is 0.385. The smallest absolute Gasteiger partial charge is 0.408 e. The summed E-state index contributed by atoms with van der Waals surface area (Å²) in [6.45, 7) is 6.85. The van der Waals surface area contributed by atoms with Gasteiger partial charge in [-0.3, -0.25) is 4.79 Å². The first-order chi connectivity index (χ1) is 5.72. The molecule has 13 heavy (non-hydrogen) atoms. The number of hydrogen-bond donors (Lipinski definition) is 2. The van der Waals surface area contributed by atoms with Crippen molar-refractivity contribution in [2.75, 3.05) is 0 Å². The molecule has 0 saturated carbocycles. The molecule has 0 aliphatic carbocycles. The lowest BCUT2D eigenvalue weighted by Crippen LogP contribution is -2.43. The second kappa shape index (κ2) is 4.11. The number of amides is 2. The Balaban J connectivity index is 3.96. The van der Waals surface area contributed by atoms with Gasteiger partial charge in [0.15, 0.2) is 6.10 Å². The summed E-state index contributed by atoms with van der Waals surface area (Å²) >= 11 is 0. The molecule has 0 fully saturated rings. The van der Waals surface area contributed by atoms with Gasteiger partial charge in [-0.1, -0.05) is 0 Å². The highest BCUT2D eigenvalue weighted by Gasteiger charge is 2.18. The molecule has 0 aromatic carbocycles. The van der Waals surface area contributed by atoms with E-state index in [2.05, 4.69) is 10.1 Å². The van der Waals surface area contributed by atoms with Gasteiger partial charge in [-0.2, -0.15) is 0 Å². The van der Waals surface area contributed by atoms with Crippen molar-refractivity contribution in [2.45, 2.75) is 39.3 Å². The minimum absolute atomic E-state index is 0.381. The highest BCUT2D eigenvalue weighted by atomic mass is 16.6. The molecule has 1 atom stereocenters. The Hall–Kier alpha value is -1.26. The van der Waals surface area contributed by atoms with E-state index in [4.69, 9.17) is 5.73 Å². The van der Waals surface area contributed by atoms with Crippen LogP contribution in [0.1, 0.15) is 27.7 Å². The van der Waals surface area contributed by atoms with Gasteiger partial charge >= 0.3 is 6.09 Å². The molecule has 0 heterocycles. The Bertz CT molecular complexity index is 208. The van der Waals surface area contributed by atoms with Crippen molar-refractivity contribution in [3.8, 4) is 0 Å². The van der Waals surface area contributed by atoms with Crippen LogP contribution in [0.5, 0.6) is 0 Å². The van der Waals surface area contributed by atoms with Crippen molar-refractivity contribution >= 4 is 12.0 Å². The summed E-state index contributed by atoms with van der Waals surface area (Å²) in [5, 5.41) is 2.54. The number of ether oxygens (including phenoxy) is 1. The van der Waals surface area contributed by atoms with Crippen LogP contribution in [0.2, 0.25) is 0 Å². The maximum absolute atomic E-state index is 11.0. The van der Waals surface area contributed by atoms with Crippen molar-refractivity contribution < 1.29 is 14.3 Å². The molecule has 0 spiro atoms. The van der Waals surface area contributed by atoms with E-state index in [9.17, 15) is 9.59 Å². The van der Waals surface area contributed by atoms with E-state index in [1.54, 1.807) is 0 Å². The monoisotopic (exact) mass is 188 g/mol. The SMILES string of the molecule is C[C@H](OC(=O)NC(C)(C)C)C(N)=O. The Labute approximate surface area is 77.6 Å². The van der Waals surface area contributed by atoms with Crippen LogP contribution < -0.4 is 11.1 Å². The molecule has 2 amide bonds. The van der Waals surface area contributed by atoms with Crippen LogP contribution >= 0.6 is 0 Å². The molecule has 0 saturated heterocycles. The Kier molecular flexibility index (Phi) is 3.71. The highest BCUT2D eigenvalue weighted by molar-refractivity contribution is 5.81. The lowest BCUT2D eigenvalue weighted by atomic mass is 10.1. The van der Waals surface area contributed by atoms with Crippen molar-refractivity contribution in [2.24, 2.45) is 5.73 Å². The number of primary amides is 1. The molecule has 0 aliphatic rings. The number of rotatable bonds is 2. The second-order valence-electron chi connectivity index (χ2n) is 3.82. The fourth-order valence-electron chi connectivity index (χ4n) is 0.554. The number of nitrogens with two attached hydrogens (primary N) is 1. The van der Waals surface area contributed by atoms with Gasteiger partial charge in [-0.15, -0.1) is 0 Å². The summed E-state index contributed by atoms with van der Waals surface area (Å²) in [4.78, 5) is 21.6.